The van der Waals surface area contributed by atoms with E-state index in [1.807, 2.05) is 12.3 Å². The summed E-state index contributed by atoms with van der Waals surface area (Å²) in [5.41, 5.74) is 6.40. The van der Waals surface area contributed by atoms with Crippen LogP contribution in [0.25, 0.3) is 0 Å². The molecule has 1 heterocycles. The van der Waals surface area contributed by atoms with Crippen molar-refractivity contribution >= 4 is 33.1 Å². The van der Waals surface area contributed by atoms with Gasteiger partial charge in [0, 0.05) is 22.7 Å². The summed E-state index contributed by atoms with van der Waals surface area (Å²) in [5, 5.41) is 1.85. The summed E-state index contributed by atoms with van der Waals surface area (Å²) in [7, 11) is -3.44. The number of rotatable bonds is 6. The number of nitrogens with two attached hydrogens (primary N) is 1. The van der Waals surface area contributed by atoms with Gasteiger partial charge in [-0.2, -0.15) is 11.8 Å². The molecule has 0 bridgehead atoms. The van der Waals surface area contributed by atoms with Crippen molar-refractivity contribution in [1.29, 1.82) is 0 Å². The number of hydrogen-bond donors (Lipinski definition) is 2. The predicted molar refractivity (Wildman–Crippen MR) is 82.2 cm³/mol. The molecule has 7 heteroatoms. The van der Waals surface area contributed by atoms with E-state index in [1.165, 1.54) is 17.8 Å². The van der Waals surface area contributed by atoms with Gasteiger partial charge in [-0.15, -0.1) is 11.3 Å². The van der Waals surface area contributed by atoms with Crippen LogP contribution in [0.1, 0.15) is 29.7 Å². The van der Waals surface area contributed by atoms with Crippen LogP contribution in [0.3, 0.4) is 0 Å². The minimum atomic E-state index is -3.44. The molecule has 0 spiro atoms. The molecular formula is C12H20N2O2S3. The molecule has 0 atom stereocenters. The van der Waals surface area contributed by atoms with Crippen molar-refractivity contribution in [2.75, 3.05) is 12.8 Å². The van der Waals surface area contributed by atoms with E-state index in [0.29, 0.717) is 11.4 Å². The van der Waals surface area contributed by atoms with Crippen molar-refractivity contribution in [1.82, 2.24) is 4.72 Å². The van der Waals surface area contributed by atoms with Crippen LogP contribution in [0.2, 0.25) is 0 Å². The lowest BCUT2D eigenvalue weighted by molar-refractivity contribution is 0.362. The fourth-order valence-electron chi connectivity index (χ4n) is 2.31. The highest BCUT2D eigenvalue weighted by molar-refractivity contribution is 8.00. The van der Waals surface area contributed by atoms with E-state index >= 15 is 0 Å². The molecule has 3 N–H and O–H groups in total. The Morgan fingerprint density at radius 2 is 2.21 bits per heavy atom. The Hall–Kier alpha value is -0.0800. The molecule has 1 aliphatic carbocycles. The second-order valence-corrected chi connectivity index (χ2v) is 8.88. The predicted octanol–water partition coefficient (Wildman–Crippen LogP) is 2.08. The second-order valence-electron chi connectivity index (χ2n) is 4.94. The second kappa shape index (κ2) is 5.73. The number of aryl methyl sites for hydroxylation is 1. The lowest BCUT2D eigenvalue weighted by Crippen LogP contribution is -2.45. The fourth-order valence-corrected chi connectivity index (χ4v) is 6.14. The van der Waals surface area contributed by atoms with Gasteiger partial charge >= 0.3 is 0 Å². The molecule has 1 aromatic heterocycles. The monoisotopic (exact) mass is 320 g/mol. The molecule has 0 unspecified atom stereocenters. The molecule has 0 saturated heterocycles. The van der Waals surface area contributed by atoms with Gasteiger partial charge in [0.15, 0.2) is 0 Å². The third kappa shape index (κ3) is 3.00. The molecule has 4 nitrogen and oxygen atoms in total. The Balaban J connectivity index is 2.16. The summed E-state index contributed by atoms with van der Waals surface area (Å²) >= 11 is 3.17. The van der Waals surface area contributed by atoms with Crippen molar-refractivity contribution in [2.24, 2.45) is 5.73 Å². The number of nitrogens with one attached hydrogen (secondary N) is 1. The van der Waals surface area contributed by atoms with Gasteiger partial charge in [-0.3, -0.25) is 0 Å². The van der Waals surface area contributed by atoms with E-state index in [0.717, 1.165) is 23.3 Å². The van der Waals surface area contributed by atoms with E-state index in [2.05, 4.69) is 11.0 Å². The maximum atomic E-state index is 12.4. The molecule has 0 aromatic carbocycles. The van der Waals surface area contributed by atoms with Gasteiger partial charge in [0.1, 0.15) is 4.90 Å². The normalized spacial score (nSPS) is 18.3. The van der Waals surface area contributed by atoms with Gasteiger partial charge in [0.05, 0.1) is 0 Å². The number of thiophene rings is 1. The minimum Gasteiger partial charge on any atom is -0.326 e. The molecule has 0 radical (unpaired) electrons. The van der Waals surface area contributed by atoms with E-state index < -0.39 is 10.0 Å². The Morgan fingerprint density at radius 3 is 2.68 bits per heavy atom. The van der Waals surface area contributed by atoms with Crippen molar-refractivity contribution in [3.05, 3.63) is 15.8 Å². The van der Waals surface area contributed by atoms with Gasteiger partial charge in [-0.25, -0.2) is 13.1 Å². The van der Waals surface area contributed by atoms with Gasteiger partial charge in [-0.1, -0.05) is 6.42 Å². The third-order valence-electron chi connectivity index (χ3n) is 3.73. The average molecular weight is 321 g/mol. The molecule has 0 amide bonds. The zero-order chi connectivity index (χ0) is 14.1. The molecule has 0 aliphatic heterocycles. The Labute approximate surface area is 123 Å². The molecule has 1 saturated carbocycles. The first-order valence-corrected chi connectivity index (χ1v) is 9.85. The maximum Gasteiger partial charge on any atom is 0.242 e. The molecule has 1 fully saturated rings. The number of sulfonamides is 1. The minimum absolute atomic E-state index is 0.0971. The average Bonchev–Trinajstić information content (AvgIpc) is 2.70. The lowest BCUT2D eigenvalue weighted by Gasteiger charge is -2.40. The highest BCUT2D eigenvalue weighted by Gasteiger charge is 2.37. The van der Waals surface area contributed by atoms with Gasteiger partial charge in [0.2, 0.25) is 10.0 Å². The first-order valence-electron chi connectivity index (χ1n) is 6.26. The lowest BCUT2D eigenvalue weighted by atomic mass is 9.84. The SMILES string of the molecule is CSC1(CNS(=O)(=O)c2c(C)csc2CN)CCC1. The largest absolute Gasteiger partial charge is 0.326 e. The quantitative estimate of drug-likeness (QED) is 0.842. The summed E-state index contributed by atoms with van der Waals surface area (Å²) in [4.78, 5) is 1.12. The topological polar surface area (TPSA) is 72.2 Å². The maximum absolute atomic E-state index is 12.4. The highest BCUT2D eigenvalue weighted by Crippen LogP contribution is 2.42. The molecule has 108 valence electrons. The van der Waals surface area contributed by atoms with Crippen LogP contribution >= 0.6 is 23.1 Å². The third-order valence-corrected chi connectivity index (χ3v) is 8.03. The van der Waals surface area contributed by atoms with Crippen LogP contribution in [0.4, 0.5) is 0 Å². The zero-order valence-electron chi connectivity index (χ0n) is 11.2. The Kier molecular flexibility index (Phi) is 4.62. The smallest absolute Gasteiger partial charge is 0.242 e. The van der Waals surface area contributed by atoms with Gasteiger partial charge in [0.25, 0.3) is 0 Å². The summed E-state index contributed by atoms with van der Waals surface area (Å²) in [6.07, 6.45) is 5.41. The van der Waals surface area contributed by atoms with Crippen molar-refractivity contribution in [3.63, 3.8) is 0 Å². The standard InChI is InChI=1S/C12H20N2O2S3/c1-9-7-18-10(6-13)11(9)19(15,16)14-8-12(17-2)4-3-5-12/h7,14H,3-6,8,13H2,1-2H3. The van der Waals surface area contributed by atoms with Crippen molar-refractivity contribution in [2.45, 2.75) is 42.4 Å². The van der Waals surface area contributed by atoms with Crippen molar-refractivity contribution in [3.8, 4) is 0 Å². The molecule has 1 aliphatic rings. The number of hydrogen-bond acceptors (Lipinski definition) is 5. The molecule has 19 heavy (non-hydrogen) atoms. The number of thioether (sulfide) groups is 1. The van der Waals surface area contributed by atoms with E-state index in [9.17, 15) is 8.42 Å². The molecule has 1 aromatic rings. The van der Waals surface area contributed by atoms with Crippen LogP contribution < -0.4 is 10.5 Å². The zero-order valence-corrected chi connectivity index (χ0v) is 13.7. The summed E-state index contributed by atoms with van der Waals surface area (Å²) in [6, 6.07) is 0. The van der Waals surface area contributed by atoms with E-state index in [1.54, 1.807) is 11.8 Å². The van der Waals surface area contributed by atoms with Gasteiger partial charge < -0.3 is 5.73 Å². The van der Waals surface area contributed by atoms with Crippen molar-refractivity contribution < 1.29 is 8.42 Å². The summed E-state index contributed by atoms with van der Waals surface area (Å²) in [6.45, 7) is 2.59. The molecule has 2 rings (SSSR count). The Bertz CT molecular complexity index is 542. The van der Waals surface area contributed by atoms with Crippen LogP contribution in [-0.4, -0.2) is 26.0 Å². The van der Waals surface area contributed by atoms with Crippen LogP contribution in [-0.2, 0) is 16.6 Å². The van der Waals surface area contributed by atoms with Crippen LogP contribution in [0.15, 0.2) is 10.3 Å². The fraction of sp³-hybridized carbons (Fsp3) is 0.667. The van der Waals surface area contributed by atoms with E-state index in [4.69, 9.17) is 5.73 Å². The molecular weight excluding hydrogens is 300 g/mol. The van der Waals surface area contributed by atoms with E-state index in [-0.39, 0.29) is 11.3 Å². The summed E-state index contributed by atoms with van der Waals surface area (Å²) < 4.78 is 27.7. The first-order chi connectivity index (χ1) is 8.94. The Morgan fingerprint density at radius 1 is 1.53 bits per heavy atom. The highest BCUT2D eigenvalue weighted by atomic mass is 32.2. The van der Waals surface area contributed by atoms with Gasteiger partial charge in [-0.05, 0) is 37.0 Å². The van der Waals surface area contributed by atoms with Crippen LogP contribution in [0.5, 0.6) is 0 Å². The first kappa shape index (κ1) is 15.3. The summed E-state index contributed by atoms with van der Waals surface area (Å²) in [5.74, 6) is 0. The van der Waals surface area contributed by atoms with Crippen LogP contribution in [0, 0.1) is 6.92 Å².